The van der Waals surface area contributed by atoms with E-state index in [-0.39, 0.29) is 4.90 Å². The van der Waals surface area contributed by atoms with Crippen molar-refractivity contribution in [2.75, 3.05) is 5.32 Å². The average molecular weight is 287 g/mol. The largest absolute Gasteiger partial charge is 0.378 e. The number of primary sulfonamides is 1. The maximum atomic E-state index is 11.2. The molecule has 0 aliphatic carbocycles. The van der Waals surface area contributed by atoms with E-state index in [1.54, 1.807) is 12.3 Å². The Morgan fingerprint density at radius 2 is 2.17 bits per heavy atom. The van der Waals surface area contributed by atoms with E-state index >= 15 is 0 Å². The van der Waals surface area contributed by atoms with Crippen molar-refractivity contribution in [3.05, 3.63) is 41.2 Å². The van der Waals surface area contributed by atoms with Crippen LogP contribution in [0.1, 0.15) is 5.69 Å². The molecule has 0 bridgehead atoms. The zero-order valence-corrected chi connectivity index (χ0v) is 10.8. The van der Waals surface area contributed by atoms with Crippen molar-refractivity contribution in [2.45, 2.75) is 11.4 Å². The third kappa shape index (κ3) is 3.00. The molecule has 2 rings (SSSR count). The summed E-state index contributed by atoms with van der Waals surface area (Å²) in [6.45, 7) is 0.452. The van der Waals surface area contributed by atoms with Gasteiger partial charge in [0.05, 0.1) is 27.8 Å². The van der Waals surface area contributed by atoms with Gasteiger partial charge in [0, 0.05) is 6.20 Å². The first-order valence-corrected chi connectivity index (χ1v) is 6.94. The lowest BCUT2D eigenvalue weighted by molar-refractivity contribution is 0.598. The zero-order valence-electron chi connectivity index (χ0n) is 9.22. The molecule has 2 aromatic rings. The van der Waals surface area contributed by atoms with Gasteiger partial charge in [-0.25, -0.2) is 13.6 Å². The topological polar surface area (TPSA) is 101 Å². The number of hydrogen-bond donors (Lipinski definition) is 3. The van der Waals surface area contributed by atoms with Crippen LogP contribution >= 0.6 is 11.6 Å². The Balaban J connectivity index is 2.22. The van der Waals surface area contributed by atoms with E-state index in [1.807, 2.05) is 0 Å². The molecule has 0 aliphatic heterocycles. The number of sulfonamides is 1. The lowest BCUT2D eigenvalue weighted by Gasteiger charge is -2.08. The summed E-state index contributed by atoms with van der Waals surface area (Å²) in [6, 6.07) is 6.04. The van der Waals surface area contributed by atoms with Crippen LogP contribution in [0.2, 0.25) is 5.02 Å². The first-order valence-electron chi connectivity index (χ1n) is 5.01. The van der Waals surface area contributed by atoms with Crippen LogP contribution in [0.25, 0.3) is 0 Å². The van der Waals surface area contributed by atoms with Gasteiger partial charge in [-0.2, -0.15) is 5.10 Å². The summed E-state index contributed by atoms with van der Waals surface area (Å²) in [6.07, 6.45) is 1.62. The predicted octanol–water partition coefficient (Wildman–Crippen LogP) is 1.32. The summed E-state index contributed by atoms with van der Waals surface area (Å²) < 4.78 is 22.4. The van der Waals surface area contributed by atoms with Crippen molar-refractivity contribution >= 4 is 27.3 Å². The molecule has 96 valence electrons. The quantitative estimate of drug-likeness (QED) is 0.789. The number of nitrogens with two attached hydrogens (primary N) is 1. The second-order valence-corrected chi connectivity index (χ2v) is 5.59. The van der Waals surface area contributed by atoms with Crippen molar-refractivity contribution in [2.24, 2.45) is 5.14 Å². The molecule has 0 saturated heterocycles. The number of H-pyrrole nitrogens is 1. The highest BCUT2D eigenvalue weighted by molar-refractivity contribution is 7.89. The van der Waals surface area contributed by atoms with Crippen LogP contribution in [0.4, 0.5) is 5.69 Å². The predicted molar refractivity (Wildman–Crippen MR) is 68.7 cm³/mol. The second-order valence-electron chi connectivity index (χ2n) is 3.62. The normalized spacial score (nSPS) is 11.4. The van der Waals surface area contributed by atoms with E-state index in [1.165, 1.54) is 18.2 Å². The van der Waals surface area contributed by atoms with Gasteiger partial charge in [-0.1, -0.05) is 11.6 Å². The van der Waals surface area contributed by atoms with Gasteiger partial charge in [-0.05, 0) is 24.3 Å². The summed E-state index contributed by atoms with van der Waals surface area (Å²) in [4.78, 5) is 0.0130. The molecule has 1 aromatic carbocycles. The Morgan fingerprint density at radius 3 is 2.78 bits per heavy atom. The Morgan fingerprint density at radius 1 is 1.39 bits per heavy atom. The molecule has 0 spiro atoms. The van der Waals surface area contributed by atoms with Gasteiger partial charge in [0.2, 0.25) is 10.0 Å². The highest BCUT2D eigenvalue weighted by atomic mass is 35.5. The fourth-order valence-electron chi connectivity index (χ4n) is 1.39. The van der Waals surface area contributed by atoms with E-state index < -0.39 is 10.0 Å². The average Bonchev–Trinajstić information content (AvgIpc) is 2.79. The number of halogens is 1. The number of aromatic nitrogens is 2. The molecular weight excluding hydrogens is 276 g/mol. The fourth-order valence-corrected chi connectivity index (χ4v) is 2.11. The van der Waals surface area contributed by atoms with E-state index in [9.17, 15) is 8.42 Å². The van der Waals surface area contributed by atoms with Crippen molar-refractivity contribution in [3.8, 4) is 0 Å². The van der Waals surface area contributed by atoms with Crippen LogP contribution in [0, 0.1) is 0 Å². The first-order chi connectivity index (χ1) is 8.47. The fraction of sp³-hybridized carbons (Fsp3) is 0.100. The molecule has 4 N–H and O–H groups in total. The molecule has 18 heavy (non-hydrogen) atoms. The number of nitrogens with one attached hydrogen (secondary N) is 2. The minimum Gasteiger partial charge on any atom is -0.378 e. The molecule has 0 amide bonds. The Hall–Kier alpha value is -1.57. The molecule has 0 radical (unpaired) electrons. The summed E-state index contributed by atoms with van der Waals surface area (Å²) >= 11 is 5.96. The van der Waals surface area contributed by atoms with Gasteiger partial charge >= 0.3 is 0 Å². The summed E-state index contributed by atoms with van der Waals surface area (Å²) in [7, 11) is -3.73. The van der Waals surface area contributed by atoms with Gasteiger partial charge in [-0.15, -0.1) is 0 Å². The molecule has 1 heterocycles. The van der Waals surface area contributed by atoms with E-state index in [4.69, 9.17) is 16.7 Å². The molecule has 6 nitrogen and oxygen atoms in total. The summed E-state index contributed by atoms with van der Waals surface area (Å²) in [5, 5.41) is 15.0. The molecule has 0 unspecified atom stereocenters. The first kappa shape index (κ1) is 12.9. The number of rotatable bonds is 4. The Bertz CT molecular complexity index is 640. The highest BCUT2D eigenvalue weighted by Crippen LogP contribution is 2.25. The number of nitrogens with zero attached hydrogens (tertiary/aromatic N) is 1. The zero-order chi connectivity index (χ0) is 13.2. The van der Waals surface area contributed by atoms with Crippen LogP contribution < -0.4 is 10.5 Å². The standard InChI is InChI=1S/C10H11ClN4O2S/c11-9-2-1-8(18(12,16)17)5-10(9)13-6-7-3-4-14-15-7/h1-5,13H,6H2,(H,14,15)(H2,12,16,17). The van der Waals surface area contributed by atoms with Crippen LogP contribution in [-0.2, 0) is 16.6 Å². The third-order valence-electron chi connectivity index (χ3n) is 2.29. The van der Waals surface area contributed by atoms with Crippen LogP contribution in [0.15, 0.2) is 35.4 Å². The van der Waals surface area contributed by atoms with Crippen molar-refractivity contribution in [3.63, 3.8) is 0 Å². The molecule has 0 aliphatic rings. The SMILES string of the molecule is NS(=O)(=O)c1ccc(Cl)c(NCc2ccn[nH]2)c1. The van der Waals surface area contributed by atoms with E-state index in [2.05, 4.69) is 15.5 Å². The lowest BCUT2D eigenvalue weighted by Crippen LogP contribution is -2.12. The second kappa shape index (κ2) is 4.97. The van der Waals surface area contributed by atoms with Crippen LogP contribution in [0.3, 0.4) is 0 Å². The monoisotopic (exact) mass is 286 g/mol. The molecule has 8 heteroatoms. The molecular formula is C10H11ClN4O2S. The summed E-state index contributed by atoms with van der Waals surface area (Å²) in [5.41, 5.74) is 1.35. The number of aromatic amines is 1. The van der Waals surface area contributed by atoms with Crippen molar-refractivity contribution in [1.29, 1.82) is 0 Å². The smallest absolute Gasteiger partial charge is 0.238 e. The van der Waals surface area contributed by atoms with Gasteiger partial charge in [0.25, 0.3) is 0 Å². The van der Waals surface area contributed by atoms with Crippen molar-refractivity contribution < 1.29 is 8.42 Å². The Labute approximate surface area is 109 Å². The van der Waals surface area contributed by atoms with Gasteiger partial charge in [-0.3, -0.25) is 5.10 Å². The number of hydrogen-bond acceptors (Lipinski definition) is 4. The van der Waals surface area contributed by atoms with Crippen LogP contribution in [-0.4, -0.2) is 18.6 Å². The number of anilines is 1. The van der Waals surface area contributed by atoms with Gasteiger partial charge in [0.1, 0.15) is 0 Å². The van der Waals surface area contributed by atoms with Gasteiger partial charge < -0.3 is 5.32 Å². The Kier molecular flexibility index (Phi) is 3.55. The van der Waals surface area contributed by atoms with E-state index in [0.717, 1.165) is 5.69 Å². The minimum atomic E-state index is -3.73. The molecule has 0 fully saturated rings. The van der Waals surface area contributed by atoms with Gasteiger partial charge in [0.15, 0.2) is 0 Å². The lowest BCUT2D eigenvalue weighted by atomic mass is 10.3. The maximum Gasteiger partial charge on any atom is 0.238 e. The molecule has 0 saturated carbocycles. The van der Waals surface area contributed by atoms with E-state index in [0.29, 0.717) is 17.3 Å². The van der Waals surface area contributed by atoms with Crippen LogP contribution in [0.5, 0.6) is 0 Å². The van der Waals surface area contributed by atoms with Crippen molar-refractivity contribution in [1.82, 2.24) is 10.2 Å². The third-order valence-corrected chi connectivity index (χ3v) is 3.53. The molecule has 0 atom stereocenters. The molecule has 1 aromatic heterocycles. The summed E-state index contributed by atoms with van der Waals surface area (Å²) in [5.74, 6) is 0. The minimum absolute atomic E-state index is 0.0130. The number of benzene rings is 1. The maximum absolute atomic E-state index is 11.2. The highest BCUT2D eigenvalue weighted by Gasteiger charge is 2.10.